The lowest BCUT2D eigenvalue weighted by Crippen LogP contribution is -2.25. The highest BCUT2D eigenvalue weighted by molar-refractivity contribution is 5.96. The van der Waals surface area contributed by atoms with Crippen molar-refractivity contribution in [2.24, 2.45) is 0 Å². The first kappa shape index (κ1) is 19.3. The van der Waals surface area contributed by atoms with Crippen LogP contribution in [0.4, 0.5) is 0 Å². The summed E-state index contributed by atoms with van der Waals surface area (Å²) in [5.41, 5.74) is -0.257. The second kappa shape index (κ2) is 7.67. The Morgan fingerprint density at radius 1 is 1.22 bits per heavy atom. The number of aliphatic hydroxyl groups excluding tert-OH is 2. The molecule has 5 atom stereocenters. The van der Waals surface area contributed by atoms with Crippen LogP contribution in [-0.2, 0) is 14.3 Å². The molecule has 0 amide bonds. The number of methoxy groups -OCH3 is 1. The number of ketones is 1. The van der Waals surface area contributed by atoms with E-state index in [1.165, 1.54) is 25.3 Å². The van der Waals surface area contributed by atoms with Crippen LogP contribution in [0.25, 0.3) is 0 Å². The number of epoxide rings is 1. The smallest absolute Gasteiger partial charge is 0.342 e. The van der Waals surface area contributed by atoms with Gasteiger partial charge in [-0.05, 0) is 19.1 Å². The van der Waals surface area contributed by atoms with Crippen molar-refractivity contribution in [2.75, 3.05) is 7.11 Å². The maximum atomic E-state index is 12.6. The third kappa shape index (κ3) is 4.13. The summed E-state index contributed by atoms with van der Waals surface area (Å²) in [6.45, 7) is 1.64. The first-order valence-electron chi connectivity index (χ1n) is 8.65. The molecular formula is C19H22O8. The molecule has 0 aromatic heterocycles. The minimum Gasteiger partial charge on any atom is -0.507 e. The molecule has 0 radical (unpaired) electrons. The lowest BCUT2D eigenvalue weighted by atomic mass is 9.94. The molecule has 0 spiro atoms. The summed E-state index contributed by atoms with van der Waals surface area (Å²) in [4.78, 5) is 24.6. The monoisotopic (exact) mass is 378 g/mol. The Kier molecular flexibility index (Phi) is 5.50. The van der Waals surface area contributed by atoms with E-state index in [-0.39, 0.29) is 29.1 Å². The first-order valence-corrected chi connectivity index (χ1v) is 8.65. The van der Waals surface area contributed by atoms with Crippen LogP contribution in [0.5, 0.6) is 11.5 Å². The number of phenols is 1. The van der Waals surface area contributed by atoms with Crippen LogP contribution in [0.3, 0.4) is 0 Å². The Morgan fingerprint density at radius 2 is 1.96 bits per heavy atom. The standard InChI is InChI=1S/C19H22O8/c1-9-4-3-5-12(20)18-15(27-18)8-14(22)17(23)11-6-10(25-2)7-13(21)16(11)19(24)26-9/h3,5-7,9,14-15,17-18,21-23H,4,8H2,1-2H3/t9-,14-,15-,17-,18-/m0/s1. The molecule has 0 unspecified atom stereocenters. The molecule has 0 aliphatic carbocycles. The van der Waals surface area contributed by atoms with E-state index in [1.54, 1.807) is 13.0 Å². The zero-order valence-corrected chi connectivity index (χ0v) is 15.0. The number of benzene rings is 1. The summed E-state index contributed by atoms with van der Waals surface area (Å²) in [5.74, 6) is -1.30. The lowest BCUT2D eigenvalue weighted by Gasteiger charge is -2.22. The van der Waals surface area contributed by atoms with Crippen molar-refractivity contribution < 1.29 is 39.1 Å². The van der Waals surface area contributed by atoms with E-state index in [0.29, 0.717) is 6.42 Å². The third-order valence-electron chi connectivity index (χ3n) is 4.64. The number of aromatic hydroxyl groups is 1. The van der Waals surface area contributed by atoms with Crippen molar-refractivity contribution in [3.8, 4) is 11.5 Å². The SMILES string of the molecule is COc1cc(O)c2c(c1)[C@H](O)[C@@H](O)C[C@@H]1O[C@H]1C(=O)C=CC[C@H](C)OC2=O. The fourth-order valence-corrected chi connectivity index (χ4v) is 3.10. The number of aliphatic hydroxyl groups is 2. The number of fused-ring (bicyclic) bond motifs is 2. The number of hydrogen-bond donors (Lipinski definition) is 3. The molecule has 1 aromatic rings. The highest BCUT2D eigenvalue weighted by atomic mass is 16.6. The summed E-state index contributed by atoms with van der Waals surface area (Å²) < 4.78 is 15.7. The minimum absolute atomic E-state index is 0.00568. The topological polar surface area (TPSA) is 126 Å². The van der Waals surface area contributed by atoms with Gasteiger partial charge in [-0.1, -0.05) is 6.08 Å². The number of hydrogen-bond acceptors (Lipinski definition) is 8. The summed E-state index contributed by atoms with van der Waals surface area (Å²) >= 11 is 0. The van der Waals surface area contributed by atoms with Gasteiger partial charge in [0.15, 0.2) is 5.78 Å². The van der Waals surface area contributed by atoms with Crippen LogP contribution in [0.2, 0.25) is 0 Å². The van der Waals surface area contributed by atoms with E-state index in [4.69, 9.17) is 14.2 Å². The zero-order chi connectivity index (χ0) is 19.7. The van der Waals surface area contributed by atoms with Gasteiger partial charge in [-0.25, -0.2) is 4.79 Å². The van der Waals surface area contributed by atoms with Crippen molar-refractivity contribution in [2.45, 2.75) is 50.3 Å². The van der Waals surface area contributed by atoms with Crippen molar-refractivity contribution in [3.05, 3.63) is 35.4 Å². The summed E-state index contributed by atoms with van der Waals surface area (Å²) in [6, 6.07) is 2.59. The molecule has 1 aromatic carbocycles. The number of cyclic esters (lactones) is 1. The van der Waals surface area contributed by atoms with Gasteiger partial charge in [0.1, 0.15) is 35.4 Å². The van der Waals surface area contributed by atoms with Gasteiger partial charge in [-0.3, -0.25) is 4.79 Å². The number of rotatable bonds is 1. The van der Waals surface area contributed by atoms with Crippen molar-refractivity contribution in [3.63, 3.8) is 0 Å². The fraction of sp³-hybridized carbons (Fsp3) is 0.474. The molecular weight excluding hydrogens is 356 g/mol. The largest absolute Gasteiger partial charge is 0.507 e. The van der Waals surface area contributed by atoms with E-state index < -0.39 is 42.2 Å². The van der Waals surface area contributed by atoms with Crippen molar-refractivity contribution in [1.29, 1.82) is 0 Å². The van der Waals surface area contributed by atoms with Crippen LogP contribution in [-0.4, -0.2) is 58.6 Å². The molecule has 0 bridgehead atoms. The maximum Gasteiger partial charge on any atom is 0.342 e. The summed E-state index contributed by atoms with van der Waals surface area (Å²) in [6.07, 6.45) is -1.33. The molecule has 1 fully saturated rings. The highest BCUT2D eigenvalue weighted by Gasteiger charge is 2.45. The van der Waals surface area contributed by atoms with Crippen LogP contribution in [0.1, 0.15) is 41.8 Å². The van der Waals surface area contributed by atoms with Gasteiger partial charge in [0.25, 0.3) is 0 Å². The molecule has 27 heavy (non-hydrogen) atoms. The number of ether oxygens (including phenoxy) is 3. The fourth-order valence-electron chi connectivity index (χ4n) is 3.10. The van der Waals surface area contributed by atoms with E-state index >= 15 is 0 Å². The number of carbonyl (C=O) groups is 2. The Hall–Kier alpha value is -2.42. The Morgan fingerprint density at radius 3 is 2.67 bits per heavy atom. The van der Waals surface area contributed by atoms with Gasteiger partial charge in [-0.2, -0.15) is 0 Å². The molecule has 8 heteroatoms. The van der Waals surface area contributed by atoms with Crippen LogP contribution < -0.4 is 4.74 Å². The van der Waals surface area contributed by atoms with E-state index in [2.05, 4.69) is 0 Å². The lowest BCUT2D eigenvalue weighted by molar-refractivity contribution is -0.115. The quantitative estimate of drug-likeness (QED) is 0.489. The van der Waals surface area contributed by atoms with Gasteiger partial charge in [0.2, 0.25) is 0 Å². The molecule has 2 aliphatic rings. The predicted octanol–water partition coefficient (Wildman–Crippen LogP) is 1.03. The van der Waals surface area contributed by atoms with Crippen LogP contribution >= 0.6 is 0 Å². The van der Waals surface area contributed by atoms with E-state index in [9.17, 15) is 24.9 Å². The maximum absolute atomic E-state index is 12.6. The van der Waals surface area contributed by atoms with Crippen molar-refractivity contribution in [1.82, 2.24) is 0 Å². The molecule has 3 rings (SSSR count). The van der Waals surface area contributed by atoms with Gasteiger partial charge < -0.3 is 29.5 Å². The van der Waals surface area contributed by atoms with Gasteiger partial charge in [0, 0.05) is 24.5 Å². The van der Waals surface area contributed by atoms with Gasteiger partial charge in [-0.15, -0.1) is 0 Å². The van der Waals surface area contributed by atoms with Gasteiger partial charge in [0.05, 0.1) is 19.3 Å². The first-order chi connectivity index (χ1) is 12.8. The molecule has 3 N–H and O–H groups in total. The predicted molar refractivity (Wildman–Crippen MR) is 92.5 cm³/mol. The molecule has 8 nitrogen and oxygen atoms in total. The minimum atomic E-state index is -1.51. The third-order valence-corrected chi connectivity index (χ3v) is 4.64. The number of phenolic OH excluding ortho intramolecular Hbond substituents is 1. The van der Waals surface area contributed by atoms with Crippen LogP contribution in [0.15, 0.2) is 24.3 Å². The Balaban J connectivity index is 2.00. The molecule has 2 heterocycles. The molecule has 2 aliphatic heterocycles. The second-order valence-electron chi connectivity index (χ2n) is 6.71. The van der Waals surface area contributed by atoms with Crippen molar-refractivity contribution >= 4 is 11.8 Å². The normalized spacial score (nSPS) is 31.3. The highest BCUT2D eigenvalue weighted by Crippen LogP contribution is 2.37. The number of esters is 1. The summed E-state index contributed by atoms with van der Waals surface area (Å²) in [5, 5.41) is 31.2. The average molecular weight is 378 g/mol. The Bertz CT molecular complexity index is 771. The van der Waals surface area contributed by atoms with Gasteiger partial charge >= 0.3 is 5.97 Å². The number of carbonyl (C=O) groups excluding carboxylic acids is 2. The van der Waals surface area contributed by atoms with E-state index in [0.717, 1.165) is 0 Å². The summed E-state index contributed by atoms with van der Waals surface area (Å²) in [7, 11) is 1.37. The van der Waals surface area contributed by atoms with E-state index in [1.807, 2.05) is 0 Å². The second-order valence-corrected chi connectivity index (χ2v) is 6.71. The molecule has 1 saturated heterocycles. The Labute approximate surface area is 156 Å². The zero-order valence-electron chi connectivity index (χ0n) is 15.0. The molecule has 0 saturated carbocycles. The van der Waals surface area contributed by atoms with Crippen LogP contribution in [0, 0.1) is 0 Å². The molecule has 146 valence electrons. The average Bonchev–Trinajstić information content (AvgIpc) is 3.38.